The predicted molar refractivity (Wildman–Crippen MR) is 63.4 cm³/mol. The van der Waals surface area contributed by atoms with E-state index in [-0.39, 0.29) is 6.04 Å². The van der Waals surface area contributed by atoms with Crippen molar-refractivity contribution >= 4 is 0 Å². The largest absolute Gasteiger partial charge is 0.493 e. The average Bonchev–Trinajstić information content (AvgIpc) is 2.27. The standard InChI is InChI=1S/C13H19NO2/c1-9(2)6-16-11-4-3-10-7-15-8-13(14)12(10)5-11/h3-5,9,13H,6-8,14H2,1-2H3/t13-/m1/s1. The van der Waals surface area contributed by atoms with Crippen LogP contribution in [0, 0.1) is 5.92 Å². The van der Waals surface area contributed by atoms with E-state index in [4.69, 9.17) is 15.2 Å². The number of hydrogen-bond acceptors (Lipinski definition) is 3. The van der Waals surface area contributed by atoms with E-state index in [9.17, 15) is 0 Å². The van der Waals surface area contributed by atoms with Crippen molar-refractivity contribution in [2.24, 2.45) is 11.7 Å². The first kappa shape index (κ1) is 11.4. The SMILES string of the molecule is CC(C)COc1ccc2c(c1)[C@H](N)COC2. The molecule has 0 saturated heterocycles. The van der Waals surface area contributed by atoms with E-state index in [1.807, 2.05) is 18.2 Å². The molecule has 1 aromatic rings. The van der Waals surface area contributed by atoms with Gasteiger partial charge in [-0.3, -0.25) is 0 Å². The zero-order valence-electron chi connectivity index (χ0n) is 9.90. The van der Waals surface area contributed by atoms with Crippen LogP contribution in [0.25, 0.3) is 0 Å². The molecule has 3 nitrogen and oxygen atoms in total. The number of benzene rings is 1. The molecule has 1 aliphatic rings. The molecular formula is C13H19NO2. The number of nitrogens with two attached hydrogens (primary N) is 1. The van der Waals surface area contributed by atoms with Gasteiger partial charge in [-0.15, -0.1) is 0 Å². The zero-order valence-corrected chi connectivity index (χ0v) is 9.90. The van der Waals surface area contributed by atoms with Crippen LogP contribution in [0.2, 0.25) is 0 Å². The highest BCUT2D eigenvalue weighted by molar-refractivity contribution is 5.38. The molecule has 0 amide bonds. The van der Waals surface area contributed by atoms with Gasteiger partial charge in [0, 0.05) is 0 Å². The molecule has 0 saturated carbocycles. The van der Waals surface area contributed by atoms with Crippen molar-refractivity contribution in [1.82, 2.24) is 0 Å². The maximum atomic E-state index is 5.99. The summed E-state index contributed by atoms with van der Waals surface area (Å²) in [6.45, 7) is 6.27. The fourth-order valence-corrected chi connectivity index (χ4v) is 1.79. The Bertz CT molecular complexity index is 363. The van der Waals surface area contributed by atoms with Crippen LogP contribution in [-0.2, 0) is 11.3 Å². The van der Waals surface area contributed by atoms with E-state index >= 15 is 0 Å². The second-order valence-electron chi connectivity index (χ2n) is 4.69. The maximum Gasteiger partial charge on any atom is 0.119 e. The maximum absolute atomic E-state index is 5.99. The molecule has 0 aromatic heterocycles. The first-order chi connectivity index (χ1) is 7.66. The molecule has 88 valence electrons. The Labute approximate surface area is 96.5 Å². The summed E-state index contributed by atoms with van der Waals surface area (Å²) < 4.78 is 11.1. The van der Waals surface area contributed by atoms with E-state index in [0.717, 1.165) is 17.9 Å². The Hall–Kier alpha value is -1.06. The van der Waals surface area contributed by atoms with E-state index in [1.165, 1.54) is 5.56 Å². The summed E-state index contributed by atoms with van der Waals surface area (Å²) in [5.74, 6) is 1.44. The molecule has 1 heterocycles. The quantitative estimate of drug-likeness (QED) is 0.851. The number of rotatable bonds is 3. The number of ether oxygens (including phenoxy) is 2. The second kappa shape index (κ2) is 4.85. The molecule has 0 aliphatic carbocycles. The van der Waals surface area contributed by atoms with Crippen LogP contribution in [0.5, 0.6) is 5.75 Å². The highest BCUT2D eigenvalue weighted by Crippen LogP contribution is 2.27. The van der Waals surface area contributed by atoms with Gasteiger partial charge in [-0.2, -0.15) is 0 Å². The third kappa shape index (κ3) is 2.54. The topological polar surface area (TPSA) is 44.5 Å². The molecule has 0 spiro atoms. The van der Waals surface area contributed by atoms with Gasteiger partial charge in [0.25, 0.3) is 0 Å². The van der Waals surface area contributed by atoms with Crippen molar-refractivity contribution in [3.8, 4) is 5.75 Å². The van der Waals surface area contributed by atoms with E-state index in [0.29, 0.717) is 19.1 Å². The molecule has 1 aromatic carbocycles. The van der Waals surface area contributed by atoms with Crippen LogP contribution >= 0.6 is 0 Å². The van der Waals surface area contributed by atoms with Crippen molar-refractivity contribution in [3.63, 3.8) is 0 Å². The van der Waals surface area contributed by atoms with Crippen molar-refractivity contribution in [2.75, 3.05) is 13.2 Å². The summed E-state index contributed by atoms with van der Waals surface area (Å²) >= 11 is 0. The molecule has 2 rings (SSSR count). The van der Waals surface area contributed by atoms with Gasteiger partial charge in [-0.1, -0.05) is 19.9 Å². The molecule has 0 radical (unpaired) electrons. The molecule has 0 unspecified atom stereocenters. The molecule has 1 atom stereocenters. The van der Waals surface area contributed by atoms with E-state index in [1.54, 1.807) is 0 Å². The second-order valence-corrected chi connectivity index (χ2v) is 4.69. The van der Waals surface area contributed by atoms with Gasteiger partial charge in [0.15, 0.2) is 0 Å². The smallest absolute Gasteiger partial charge is 0.119 e. The Kier molecular flexibility index (Phi) is 3.46. The third-order valence-corrected chi connectivity index (χ3v) is 2.66. The van der Waals surface area contributed by atoms with Crippen LogP contribution in [0.3, 0.4) is 0 Å². The summed E-state index contributed by atoms with van der Waals surface area (Å²) in [6, 6.07) is 6.06. The minimum absolute atomic E-state index is 0.0219. The normalized spacial score (nSPS) is 19.6. The van der Waals surface area contributed by atoms with Crippen LogP contribution in [0.1, 0.15) is 31.0 Å². The summed E-state index contributed by atoms with van der Waals surface area (Å²) in [7, 11) is 0. The van der Waals surface area contributed by atoms with E-state index < -0.39 is 0 Å². The Morgan fingerprint density at radius 2 is 2.31 bits per heavy atom. The number of fused-ring (bicyclic) bond motifs is 1. The lowest BCUT2D eigenvalue weighted by Gasteiger charge is -2.23. The van der Waals surface area contributed by atoms with Gasteiger partial charge >= 0.3 is 0 Å². The molecule has 0 fully saturated rings. The van der Waals surface area contributed by atoms with Crippen LogP contribution in [0.4, 0.5) is 0 Å². The highest BCUT2D eigenvalue weighted by Gasteiger charge is 2.17. The third-order valence-electron chi connectivity index (χ3n) is 2.66. The van der Waals surface area contributed by atoms with Gasteiger partial charge in [-0.05, 0) is 29.2 Å². The molecular weight excluding hydrogens is 202 g/mol. The summed E-state index contributed by atoms with van der Waals surface area (Å²) in [6.07, 6.45) is 0. The van der Waals surface area contributed by atoms with Gasteiger partial charge in [0.1, 0.15) is 5.75 Å². The lowest BCUT2D eigenvalue weighted by atomic mass is 9.99. The number of hydrogen-bond donors (Lipinski definition) is 1. The fraction of sp³-hybridized carbons (Fsp3) is 0.538. The van der Waals surface area contributed by atoms with Crippen molar-refractivity contribution in [3.05, 3.63) is 29.3 Å². The van der Waals surface area contributed by atoms with Crippen LogP contribution < -0.4 is 10.5 Å². The lowest BCUT2D eigenvalue weighted by Crippen LogP contribution is -2.23. The highest BCUT2D eigenvalue weighted by atomic mass is 16.5. The van der Waals surface area contributed by atoms with E-state index in [2.05, 4.69) is 13.8 Å². The first-order valence-electron chi connectivity index (χ1n) is 5.75. The first-order valence-corrected chi connectivity index (χ1v) is 5.75. The molecule has 3 heteroatoms. The molecule has 16 heavy (non-hydrogen) atoms. The predicted octanol–water partition coefficient (Wildman–Crippen LogP) is 2.25. The summed E-state index contributed by atoms with van der Waals surface area (Å²) in [5, 5.41) is 0. The summed E-state index contributed by atoms with van der Waals surface area (Å²) in [5.41, 5.74) is 8.33. The summed E-state index contributed by atoms with van der Waals surface area (Å²) in [4.78, 5) is 0. The van der Waals surface area contributed by atoms with Gasteiger partial charge in [0.2, 0.25) is 0 Å². The van der Waals surface area contributed by atoms with Gasteiger partial charge in [0.05, 0.1) is 25.9 Å². The van der Waals surface area contributed by atoms with Crippen molar-refractivity contribution in [1.29, 1.82) is 0 Å². The lowest BCUT2D eigenvalue weighted by molar-refractivity contribution is 0.0921. The zero-order chi connectivity index (χ0) is 11.5. The monoisotopic (exact) mass is 221 g/mol. The average molecular weight is 221 g/mol. The Morgan fingerprint density at radius 3 is 3.06 bits per heavy atom. The van der Waals surface area contributed by atoms with Crippen LogP contribution in [-0.4, -0.2) is 13.2 Å². The van der Waals surface area contributed by atoms with Gasteiger partial charge < -0.3 is 15.2 Å². The van der Waals surface area contributed by atoms with Crippen LogP contribution in [0.15, 0.2) is 18.2 Å². The van der Waals surface area contributed by atoms with Crippen molar-refractivity contribution in [2.45, 2.75) is 26.5 Å². The minimum atomic E-state index is -0.0219. The Morgan fingerprint density at radius 1 is 1.50 bits per heavy atom. The molecule has 2 N–H and O–H groups in total. The molecule has 1 aliphatic heterocycles. The minimum Gasteiger partial charge on any atom is -0.493 e. The van der Waals surface area contributed by atoms with Gasteiger partial charge in [-0.25, -0.2) is 0 Å². The Balaban J connectivity index is 2.14. The molecule has 0 bridgehead atoms. The van der Waals surface area contributed by atoms with Crippen molar-refractivity contribution < 1.29 is 9.47 Å². The fourth-order valence-electron chi connectivity index (χ4n) is 1.79.